The first-order valence-corrected chi connectivity index (χ1v) is 7.38. The van der Waals surface area contributed by atoms with Crippen molar-refractivity contribution in [3.63, 3.8) is 0 Å². The van der Waals surface area contributed by atoms with Gasteiger partial charge in [0.25, 0.3) is 5.91 Å². The highest BCUT2D eigenvalue weighted by Crippen LogP contribution is 2.15. The Hall–Kier alpha value is -0.950. The second-order valence-electron chi connectivity index (χ2n) is 4.02. The predicted molar refractivity (Wildman–Crippen MR) is 81.8 cm³/mol. The minimum Gasteiger partial charge on any atom is -0.337 e. The summed E-state index contributed by atoms with van der Waals surface area (Å²) in [6, 6.07) is 7.62. The van der Waals surface area contributed by atoms with Crippen LogP contribution in [0.4, 0.5) is 0 Å². The van der Waals surface area contributed by atoms with Crippen molar-refractivity contribution in [1.29, 1.82) is 0 Å². The van der Waals surface area contributed by atoms with E-state index in [9.17, 15) is 4.79 Å². The highest BCUT2D eigenvalue weighted by atomic mass is 127. The molecule has 1 amide bonds. The van der Waals surface area contributed by atoms with Crippen LogP contribution in [0.5, 0.6) is 0 Å². The lowest BCUT2D eigenvalue weighted by molar-refractivity contribution is 0.0786. The summed E-state index contributed by atoms with van der Waals surface area (Å²) in [7, 11) is 1.82. The van der Waals surface area contributed by atoms with Gasteiger partial charge in [0.2, 0.25) is 0 Å². The smallest absolute Gasteiger partial charge is 0.253 e. The van der Waals surface area contributed by atoms with Gasteiger partial charge in [0, 0.05) is 27.3 Å². The van der Waals surface area contributed by atoms with E-state index < -0.39 is 0 Å². The zero-order valence-electron chi connectivity index (χ0n) is 10.2. The Morgan fingerprint density at radius 2 is 2.28 bits per heavy atom. The van der Waals surface area contributed by atoms with Crippen molar-refractivity contribution in [2.75, 3.05) is 7.05 Å². The van der Waals surface area contributed by atoms with Crippen molar-refractivity contribution < 1.29 is 4.79 Å². The van der Waals surface area contributed by atoms with Crippen molar-refractivity contribution in [3.05, 3.63) is 49.5 Å². The number of hydrogen-bond acceptors (Lipinski definition) is 3. The zero-order chi connectivity index (χ0) is 13.1. The lowest BCUT2D eigenvalue weighted by Crippen LogP contribution is -2.25. The van der Waals surface area contributed by atoms with Gasteiger partial charge in [0.1, 0.15) is 0 Å². The van der Waals surface area contributed by atoms with Crippen molar-refractivity contribution in [2.45, 2.75) is 13.5 Å². The number of amides is 1. The molecule has 0 fully saturated rings. The van der Waals surface area contributed by atoms with Crippen LogP contribution in [-0.4, -0.2) is 22.8 Å². The number of benzene rings is 1. The number of rotatable bonds is 3. The molecule has 1 heterocycles. The molecule has 0 atom stereocenters. The van der Waals surface area contributed by atoms with Crippen molar-refractivity contribution >= 4 is 39.8 Å². The Morgan fingerprint density at radius 3 is 2.89 bits per heavy atom. The monoisotopic (exact) mass is 372 g/mol. The zero-order valence-corrected chi connectivity index (χ0v) is 13.2. The summed E-state index contributed by atoms with van der Waals surface area (Å²) in [5.41, 5.74) is 0.727. The van der Waals surface area contributed by atoms with E-state index in [1.165, 1.54) is 0 Å². The maximum absolute atomic E-state index is 12.2. The number of aryl methyl sites for hydroxylation is 1. The number of thiazole rings is 1. The number of carbonyl (C=O) groups is 1. The summed E-state index contributed by atoms with van der Waals surface area (Å²) in [6.45, 7) is 2.57. The fourth-order valence-corrected chi connectivity index (χ4v) is 3.02. The van der Waals surface area contributed by atoms with Crippen LogP contribution < -0.4 is 0 Å². The molecule has 0 unspecified atom stereocenters. The van der Waals surface area contributed by atoms with Crippen LogP contribution in [-0.2, 0) is 6.54 Å². The molecule has 2 rings (SSSR count). The maximum atomic E-state index is 12.2. The Kier molecular flexibility index (Phi) is 4.34. The molecule has 94 valence electrons. The molecular formula is C13H13IN2OS. The molecule has 2 aromatic rings. The topological polar surface area (TPSA) is 33.2 Å². The van der Waals surface area contributed by atoms with Gasteiger partial charge >= 0.3 is 0 Å². The molecule has 0 aliphatic rings. The normalized spacial score (nSPS) is 10.4. The SMILES string of the molecule is Cc1ncc(CN(C)C(=O)c2cccc(I)c2)s1. The third-order valence-corrected chi connectivity index (χ3v) is 4.05. The number of hydrogen-bond donors (Lipinski definition) is 0. The van der Waals surface area contributed by atoms with Crippen LogP contribution in [0.15, 0.2) is 30.5 Å². The Morgan fingerprint density at radius 1 is 1.50 bits per heavy atom. The molecule has 1 aromatic carbocycles. The molecule has 0 saturated carbocycles. The Balaban J connectivity index is 2.09. The van der Waals surface area contributed by atoms with E-state index in [1.54, 1.807) is 16.2 Å². The first-order valence-electron chi connectivity index (χ1n) is 5.48. The summed E-state index contributed by atoms with van der Waals surface area (Å²) < 4.78 is 1.07. The van der Waals surface area contributed by atoms with Gasteiger partial charge in [-0.1, -0.05) is 6.07 Å². The molecule has 1 aromatic heterocycles. The van der Waals surface area contributed by atoms with Gasteiger partial charge in [-0.2, -0.15) is 0 Å². The predicted octanol–water partition coefficient (Wildman–Crippen LogP) is 3.33. The van der Waals surface area contributed by atoms with E-state index in [1.807, 2.05) is 44.4 Å². The van der Waals surface area contributed by atoms with Gasteiger partial charge in [0.05, 0.1) is 11.6 Å². The number of carbonyl (C=O) groups excluding carboxylic acids is 1. The quantitative estimate of drug-likeness (QED) is 0.775. The van der Waals surface area contributed by atoms with E-state index >= 15 is 0 Å². The van der Waals surface area contributed by atoms with Crippen LogP contribution in [0.2, 0.25) is 0 Å². The summed E-state index contributed by atoms with van der Waals surface area (Å²) in [4.78, 5) is 19.2. The highest BCUT2D eigenvalue weighted by molar-refractivity contribution is 14.1. The maximum Gasteiger partial charge on any atom is 0.253 e. The lowest BCUT2D eigenvalue weighted by atomic mass is 10.2. The standard InChI is InChI=1S/C13H13IN2OS/c1-9-15-7-12(18-9)8-16(2)13(17)10-4-3-5-11(14)6-10/h3-7H,8H2,1-2H3. The van der Waals surface area contributed by atoms with Gasteiger partial charge < -0.3 is 4.90 Å². The first-order chi connectivity index (χ1) is 8.56. The summed E-state index contributed by atoms with van der Waals surface area (Å²) >= 11 is 3.84. The molecule has 0 aliphatic heterocycles. The van der Waals surface area contributed by atoms with Crippen molar-refractivity contribution in [1.82, 2.24) is 9.88 Å². The Labute approximate surface area is 124 Å². The van der Waals surface area contributed by atoms with Gasteiger partial charge in [-0.15, -0.1) is 11.3 Å². The molecule has 3 nitrogen and oxygen atoms in total. The minimum atomic E-state index is 0.0413. The summed E-state index contributed by atoms with van der Waals surface area (Å²) in [5.74, 6) is 0.0413. The Bertz CT molecular complexity index is 568. The lowest BCUT2D eigenvalue weighted by Gasteiger charge is -2.16. The molecule has 0 radical (unpaired) electrons. The molecule has 0 spiro atoms. The van der Waals surface area contributed by atoms with Gasteiger partial charge in [0.15, 0.2) is 0 Å². The van der Waals surface area contributed by atoms with Crippen molar-refractivity contribution in [3.8, 4) is 0 Å². The fraction of sp³-hybridized carbons (Fsp3) is 0.231. The van der Waals surface area contributed by atoms with E-state index in [-0.39, 0.29) is 5.91 Å². The molecule has 0 N–H and O–H groups in total. The summed E-state index contributed by atoms with van der Waals surface area (Å²) in [6.07, 6.45) is 1.83. The van der Waals surface area contributed by atoms with Crippen LogP contribution in [0.3, 0.4) is 0 Å². The molecule has 18 heavy (non-hydrogen) atoms. The van der Waals surface area contributed by atoms with Gasteiger partial charge in [-0.25, -0.2) is 4.98 Å². The first kappa shape index (κ1) is 13.5. The fourth-order valence-electron chi connectivity index (χ4n) is 1.63. The minimum absolute atomic E-state index is 0.0413. The third-order valence-electron chi connectivity index (χ3n) is 2.48. The number of nitrogens with zero attached hydrogens (tertiary/aromatic N) is 2. The van der Waals surface area contributed by atoms with Crippen molar-refractivity contribution in [2.24, 2.45) is 0 Å². The number of aromatic nitrogens is 1. The third kappa shape index (κ3) is 3.29. The van der Waals surface area contributed by atoms with Gasteiger partial charge in [-0.05, 0) is 47.7 Å². The molecular weight excluding hydrogens is 359 g/mol. The molecule has 0 aliphatic carbocycles. The average molecular weight is 372 g/mol. The number of halogens is 1. The van der Waals surface area contributed by atoms with E-state index in [0.717, 1.165) is 19.0 Å². The van der Waals surface area contributed by atoms with E-state index in [4.69, 9.17) is 0 Å². The average Bonchev–Trinajstić information content (AvgIpc) is 2.73. The molecule has 0 bridgehead atoms. The molecule has 5 heteroatoms. The molecule has 0 saturated heterocycles. The van der Waals surface area contributed by atoms with Crippen LogP contribution >= 0.6 is 33.9 Å². The van der Waals surface area contributed by atoms with Gasteiger partial charge in [-0.3, -0.25) is 4.79 Å². The highest BCUT2D eigenvalue weighted by Gasteiger charge is 2.13. The second-order valence-corrected chi connectivity index (χ2v) is 6.58. The largest absolute Gasteiger partial charge is 0.337 e. The summed E-state index contributed by atoms with van der Waals surface area (Å²) in [5, 5.41) is 1.03. The second kappa shape index (κ2) is 5.79. The van der Waals surface area contributed by atoms with E-state index in [0.29, 0.717) is 6.54 Å². The van der Waals surface area contributed by atoms with Crippen LogP contribution in [0.1, 0.15) is 20.2 Å². The van der Waals surface area contributed by atoms with Crippen LogP contribution in [0, 0.1) is 10.5 Å². The van der Waals surface area contributed by atoms with E-state index in [2.05, 4.69) is 27.6 Å². The van der Waals surface area contributed by atoms with Crippen LogP contribution in [0.25, 0.3) is 0 Å².